The van der Waals surface area contributed by atoms with Crippen LogP contribution in [0.2, 0.25) is 0 Å². The first-order valence-electron chi connectivity index (χ1n) is 22.4. The van der Waals surface area contributed by atoms with Gasteiger partial charge in [0.1, 0.15) is 0 Å². The molecule has 0 heteroatoms. The molecule has 0 aliphatic carbocycles. The molecule has 0 bridgehead atoms. The van der Waals surface area contributed by atoms with Crippen LogP contribution in [0.15, 0.2) is 36.5 Å². The molecule has 0 aromatic rings. The van der Waals surface area contributed by atoms with Crippen molar-refractivity contribution in [1.82, 2.24) is 0 Å². The molecule has 0 aliphatic rings. The SMILES string of the molecule is CCC=CCC=CCC=CCCCCCCCCCCCCCCCCCCCCCCCCCCCCCCCCCCCCC. The average Bonchev–Trinajstić information content (AvgIpc) is 3.08. The Morgan fingerprint density at radius 3 is 0.681 bits per heavy atom. The van der Waals surface area contributed by atoms with Crippen molar-refractivity contribution in [3.05, 3.63) is 36.5 Å². The molecule has 0 N–H and O–H groups in total. The highest BCUT2D eigenvalue weighted by atomic mass is 14.0. The van der Waals surface area contributed by atoms with Gasteiger partial charge < -0.3 is 0 Å². The van der Waals surface area contributed by atoms with E-state index in [1.807, 2.05) is 0 Å². The molecule has 0 heterocycles. The molecule has 0 amide bonds. The van der Waals surface area contributed by atoms with Crippen molar-refractivity contribution in [3.63, 3.8) is 0 Å². The molecule has 0 rings (SSSR count). The normalized spacial score (nSPS) is 12.1. The molecule has 0 aromatic heterocycles. The van der Waals surface area contributed by atoms with E-state index >= 15 is 0 Å². The van der Waals surface area contributed by atoms with Crippen molar-refractivity contribution in [2.75, 3.05) is 0 Å². The molecular formula is C47H90. The van der Waals surface area contributed by atoms with Gasteiger partial charge in [-0.1, -0.05) is 269 Å². The summed E-state index contributed by atoms with van der Waals surface area (Å²) in [5.41, 5.74) is 0. The zero-order valence-corrected chi connectivity index (χ0v) is 33.0. The van der Waals surface area contributed by atoms with Gasteiger partial charge in [0.2, 0.25) is 0 Å². The highest BCUT2D eigenvalue weighted by Crippen LogP contribution is 2.17. The first kappa shape index (κ1) is 46.2. The zero-order chi connectivity index (χ0) is 33.8. The van der Waals surface area contributed by atoms with Crippen LogP contribution in [0.25, 0.3) is 0 Å². The Labute approximate surface area is 299 Å². The van der Waals surface area contributed by atoms with E-state index in [9.17, 15) is 0 Å². The summed E-state index contributed by atoms with van der Waals surface area (Å²) in [6.07, 6.45) is 70.0. The molecule has 0 saturated carbocycles. The van der Waals surface area contributed by atoms with Gasteiger partial charge in [0.25, 0.3) is 0 Å². The van der Waals surface area contributed by atoms with Gasteiger partial charge in [-0.2, -0.15) is 0 Å². The number of hydrogen-bond acceptors (Lipinski definition) is 0. The van der Waals surface area contributed by atoms with Gasteiger partial charge in [-0.05, 0) is 32.1 Å². The molecule has 0 fully saturated rings. The molecule has 0 nitrogen and oxygen atoms in total. The second kappa shape index (κ2) is 45.2. The Hall–Kier alpha value is -0.780. The minimum atomic E-state index is 1.08. The van der Waals surface area contributed by atoms with Crippen molar-refractivity contribution < 1.29 is 0 Å². The Balaban J connectivity index is 3.09. The highest BCUT2D eigenvalue weighted by molar-refractivity contribution is 4.96. The Morgan fingerprint density at radius 1 is 0.213 bits per heavy atom. The minimum Gasteiger partial charge on any atom is -0.0885 e. The van der Waals surface area contributed by atoms with E-state index in [1.54, 1.807) is 0 Å². The van der Waals surface area contributed by atoms with Gasteiger partial charge >= 0.3 is 0 Å². The largest absolute Gasteiger partial charge is 0.0885 e. The quantitative estimate of drug-likeness (QED) is 0.0454. The maximum atomic E-state index is 2.38. The summed E-state index contributed by atoms with van der Waals surface area (Å²) in [6.45, 7) is 4.50. The van der Waals surface area contributed by atoms with Crippen molar-refractivity contribution in [2.24, 2.45) is 0 Å². The van der Waals surface area contributed by atoms with Gasteiger partial charge in [0, 0.05) is 0 Å². The molecule has 47 heavy (non-hydrogen) atoms. The number of allylic oxidation sites excluding steroid dienone is 6. The van der Waals surface area contributed by atoms with E-state index in [1.165, 1.54) is 231 Å². The summed E-state index contributed by atoms with van der Waals surface area (Å²) < 4.78 is 0. The predicted molar refractivity (Wildman–Crippen MR) is 219 cm³/mol. The van der Waals surface area contributed by atoms with E-state index in [4.69, 9.17) is 0 Å². The van der Waals surface area contributed by atoms with Gasteiger partial charge in [-0.3, -0.25) is 0 Å². The summed E-state index contributed by atoms with van der Waals surface area (Å²) in [6, 6.07) is 0. The van der Waals surface area contributed by atoms with Crippen molar-refractivity contribution in [2.45, 2.75) is 264 Å². The second-order valence-corrected chi connectivity index (χ2v) is 15.1. The van der Waals surface area contributed by atoms with Crippen LogP contribution >= 0.6 is 0 Å². The van der Waals surface area contributed by atoms with E-state index in [0.29, 0.717) is 0 Å². The van der Waals surface area contributed by atoms with Gasteiger partial charge in [0.05, 0.1) is 0 Å². The fourth-order valence-electron chi connectivity index (χ4n) is 7.00. The van der Waals surface area contributed by atoms with E-state index in [-0.39, 0.29) is 0 Å². The van der Waals surface area contributed by atoms with E-state index in [0.717, 1.165) is 19.3 Å². The fraction of sp³-hybridized carbons (Fsp3) is 0.872. The molecule has 0 aromatic carbocycles. The molecular weight excluding hydrogens is 565 g/mol. The van der Waals surface area contributed by atoms with Crippen LogP contribution in [0.5, 0.6) is 0 Å². The zero-order valence-electron chi connectivity index (χ0n) is 33.0. The number of hydrogen-bond donors (Lipinski definition) is 0. The van der Waals surface area contributed by atoms with Crippen LogP contribution in [0, 0.1) is 0 Å². The molecule has 0 aliphatic heterocycles. The van der Waals surface area contributed by atoms with Gasteiger partial charge in [-0.15, -0.1) is 0 Å². The minimum absolute atomic E-state index is 1.08. The lowest BCUT2D eigenvalue weighted by Gasteiger charge is -2.05. The number of rotatable bonds is 41. The summed E-state index contributed by atoms with van der Waals surface area (Å²) in [7, 11) is 0. The molecule has 0 unspecified atom stereocenters. The monoisotopic (exact) mass is 655 g/mol. The summed E-state index contributed by atoms with van der Waals surface area (Å²) in [4.78, 5) is 0. The van der Waals surface area contributed by atoms with Crippen molar-refractivity contribution >= 4 is 0 Å². The van der Waals surface area contributed by atoms with Crippen molar-refractivity contribution in [3.8, 4) is 0 Å². The lowest BCUT2D eigenvalue weighted by atomic mass is 10.0. The third-order valence-electron chi connectivity index (χ3n) is 10.3. The van der Waals surface area contributed by atoms with Crippen LogP contribution in [0.4, 0.5) is 0 Å². The van der Waals surface area contributed by atoms with Crippen LogP contribution in [0.1, 0.15) is 264 Å². The predicted octanol–water partition coefficient (Wildman–Crippen LogP) is 17.9. The molecule has 0 saturated heterocycles. The lowest BCUT2D eigenvalue weighted by Crippen LogP contribution is -1.85. The summed E-state index contributed by atoms with van der Waals surface area (Å²) in [5, 5.41) is 0. The smallest absolute Gasteiger partial charge is 0.0169 e. The molecule has 278 valence electrons. The van der Waals surface area contributed by atoms with Crippen LogP contribution < -0.4 is 0 Å². The van der Waals surface area contributed by atoms with Gasteiger partial charge in [0.15, 0.2) is 0 Å². The highest BCUT2D eigenvalue weighted by Gasteiger charge is 1.97. The topological polar surface area (TPSA) is 0 Å². The third-order valence-corrected chi connectivity index (χ3v) is 10.3. The molecule has 0 radical (unpaired) electrons. The fourth-order valence-corrected chi connectivity index (χ4v) is 7.00. The maximum Gasteiger partial charge on any atom is -0.0169 e. The van der Waals surface area contributed by atoms with E-state index < -0.39 is 0 Å². The summed E-state index contributed by atoms with van der Waals surface area (Å²) >= 11 is 0. The van der Waals surface area contributed by atoms with Crippen LogP contribution in [-0.4, -0.2) is 0 Å². The Kier molecular flexibility index (Phi) is 44.5. The summed E-state index contributed by atoms with van der Waals surface area (Å²) in [5.74, 6) is 0. The molecule has 0 atom stereocenters. The second-order valence-electron chi connectivity index (χ2n) is 15.1. The average molecular weight is 655 g/mol. The molecule has 0 spiro atoms. The standard InChI is InChI=1S/C47H90/c1-3-5-7-9-11-13-15-17-19-21-23-25-27-29-31-33-35-37-39-41-43-45-47-46-44-42-40-38-36-34-32-30-28-26-24-22-20-18-16-14-12-10-8-6-4-2/h5,7,11,13,17,19H,3-4,6,8-10,12,14-16,18,20-47H2,1-2H3. The first-order chi connectivity index (χ1) is 23.4. The van der Waals surface area contributed by atoms with Crippen LogP contribution in [0.3, 0.4) is 0 Å². The Morgan fingerprint density at radius 2 is 0.426 bits per heavy atom. The van der Waals surface area contributed by atoms with Crippen molar-refractivity contribution in [1.29, 1.82) is 0 Å². The van der Waals surface area contributed by atoms with Gasteiger partial charge in [-0.25, -0.2) is 0 Å². The number of unbranched alkanes of at least 4 members (excludes halogenated alkanes) is 35. The van der Waals surface area contributed by atoms with E-state index in [2.05, 4.69) is 50.3 Å². The lowest BCUT2D eigenvalue weighted by molar-refractivity contribution is 0.511. The first-order valence-corrected chi connectivity index (χ1v) is 22.4. The van der Waals surface area contributed by atoms with Crippen LogP contribution in [-0.2, 0) is 0 Å². The maximum absolute atomic E-state index is 2.38. The Bertz CT molecular complexity index is 610. The third kappa shape index (κ3) is 45.2.